The lowest BCUT2D eigenvalue weighted by Gasteiger charge is -2.27. The molecule has 4 heteroatoms. The summed E-state index contributed by atoms with van der Waals surface area (Å²) in [6.45, 7) is 0. The van der Waals surface area contributed by atoms with Crippen LogP contribution in [0.2, 0.25) is 0 Å². The number of benzene rings is 8. The molecule has 0 atom stereocenters. The van der Waals surface area contributed by atoms with Gasteiger partial charge in [0.1, 0.15) is 11.2 Å². The van der Waals surface area contributed by atoms with Crippen LogP contribution in [0, 0.1) is 0 Å². The van der Waals surface area contributed by atoms with E-state index in [1.165, 1.54) is 43.5 Å². The Kier molecular flexibility index (Phi) is 6.22. The van der Waals surface area contributed by atoms with E-state index in [-0.39, 0.29) is 0 Å². The van der Waals surface area contributed by atoms with E-state index in [0.717, 1.165) is 50.4 Å². The molecule has 244 valence electrons. The first-order chi connectivity index (χ1) is 25.8. The quantitative estimate of drug-likeness (QED) is 0.183. The van der Waals surface area contributed by atoms with Crippen LogP contribution in [0.5, 0.6) is 0 Å². The predicted molar refractivity (Wildman–Crippen MR) is 217 cm³/mol. The van der Waals surface area contributed by atoms with Crippen molar-refractivity contribution in [3.63, 3.8) is 0 Å². The Hall–Kier alpha value is -7.04. The van der Waals surface area contributed by atoms with Crippen LogP contribution in [0.25, 0.3) is 76.8 Å². The van der Waals surface area contributed by atoms with Gasteiger partial charge in [-0.15, -0.1) is 0 Å². The summed E-state index contributed by atoms with van der Waals surface area (Å²) in [6.07, 6.45) is 2.20. The number of nitrogens with zero attached hydrogens (tertiary/aromatic N) is 3. The van der Waals surface area contributed by atoms with E-state index in [0.29, 0.717) is 0 Å². The second kappa shape index (κ2) is 11.2. The summed E-state index contributed by atoms with van der Waals surface area (Å²) in [5.41, 5.74) is 10.9. The lowest BCUT2D eigenvalue weighted by Crippen LogP contribution is -2.10. The van der Waals surface area contributed by atoms with Gasteiger partial charge in [0.2, 0.25) is 0 Å². The lowest BCUT2D eigenvalue weighted by molar-refractivity contribution is 0.669. The van der Waals surface area contributed by atoms with E-state index in [4.69, 9.17) is 4.42 Å². The maximum Gasteiger partial charge on any atom is 0.135 e. The molecule has 11 aromatic rings. The van der Waals surface area contributed by atoms with Gasteiger partial charge in [-0.2, -0.15) is 0 Å². The Morgan fingerprint density at radius 1 is 0.404 bits per heavy atom. The van der Waals surface area contributed by atoms with Crippen LogP contribution in [0.3, 0.4) is 0 Å². The van der Waals surface area contributed by atoms with E-state index in [9.17, 15) is 0 Å². The minimum atomic E-state index is 0.886. The Morgan fingerprint density at radius 3 is 2.00 bits per heavy atom. The van der Waals surface area contributed by atoms with Gasteiger partial charge in [0.05, 0.1) is 22.2 Å². The van der Waals surface area contributed by atoms with Crippen LogP contribution in [0.1, 0.15) is 0 Å². The molecule has 0 unspecified atom stereocenters. The van der Waals surface area contributed by atoms with Crippen molar-refractivity contribution in [1.82, 2.24) is 9.13 Å². The standard InChI is InChI=1S/C48H31N3O/c1-2-13-35(14-3-1)51-44-18-8-6-16-39(44)41-27-21-33-29-30-49(47(33)48(41)51)34-22-24-36(25-23-34)50(43-19-10-12-32-11-4-5-15-38(32)43)37-26-28-46-42(31-37)40-17-7-9-20-45(40)52-46/h1-31H. The molecule has 0 aliphatic rings. The number of para-hydroxylation sites is 3. The normalized spacial score (nSPS) is 11.8. The molecular formula is C48H31N3O. The highest BCUT2D eigenvalue weighted by Crippen LogP contribution is 2.42. The summed E-state index contributed by atoms with van der Waals surface area (Å²) in [5, 5.41) is 8.31. The second-order valence-corrected chi connectivity index (χ2v) is 13.4. The van der Waals surface area contributed by atoms with Crippen molar-refractivity contribution in [3.8, 4) is 11.4 Å². The van der Waals surface area contributed by atoms with E-state index in [2.05, 4.69) is 190 Å². The first kappa shape index (κ1) is 28.8. The van der Waals surface area contributed by atoms with Crippen molar-refractivity contribution in [1.29, 1.82) is 0 Å². The molecule has 0 radical (unpaired) electrons. The predicted octanol–water partition coefficient (Wildman–Crippen LogP) is 13.2. The summed E-state index contributed by atoms with van der Waals surface area (Å²) in [5.74, 6) is 0. The number of aromatic nitrogens is 2. The smallest absolute Gasteiger partial charge is 0.135 e. The minimum absolute atomic E-state index is 0.886. The maximum atomic E-state index is 6.22. The largest absolute Gasteiger partial charge is 0.456 e. The van der Waals surface area contributed by atoms with Gasteiger partial charge >= 0.3 is 0 Å². The lowest BCUT2D eigenvalue weighted by atomic mass is 10.1. The number of rotatable bonds is 5. The number of fused-ring (bicyclic) bond motifs is 9. The molecule has 3 aromatic heterocycles. The molecule has 4 nitrogen and oxygen atoms in total. The average molecular weight is 666 g/mol. The van der Waals surface area contributed by atoms with Gasteiger partial charge < -0.3 is 18.5 Å². The third-order valence-electron chi connectivity index (χ3n) is 10.5. The summed E-state index contributed by atoms with van der Waals surface area (Å²) in [6, 6.07) is 65.1. The summed E-state index contributed by atoms with van der Waals surface area (Å²) in [4.78, 5) is 2.37. The van der Waals surface area contributed by atoms with Gasteiger partial charge in [-0.25, -0.2) is 0 Å². The van der Waals surface area contributed by atoms with Gasteiger partial charge in [0, 0.05) is 61.3 Å². The molecule has 52 heavy (non-hydrogen) atoms. The molecule has 0 aliphatic carbocycles. The van der Waals surface area contributed by atoms with Crippen LogP contribution in [-0.2, 0) is 0 Å². The van der Waals surface area contributed by atoms with Crippen molar-refractivity contribution in [2.75, 3.05) is 4.90 Å². The summed E-state index contributed by atoms with van der Waals surface area (Å²) < 4.78 is 11.0. The molecule has 8 aromatic carbocycles. The van der Waals surface area contributed by atoms with Crippen molar-refractivity contribution >= 4 is 82.5 Å². The molecule has 11 rings (SSSR count). The zero-order chi connectivity index (χ0) is 34.2. The summed E-state index contributed by atoms with van der Waals surface area (Å²) >= 11 is 0. The van der Waals surface area contributed by atoms with Crippen LogP contribution < -0.4 is 4.90 Å². The van der Waals surface area contributed by atoms with Crippen LogP contribution in [-0.4, -0.2) is 9.13 Å². The van der Waals surface area contributed by atoms with Crippen LogP contribution >= 0.6 is 0 Å². The Labute approximate surface area is 299 Å². The molecule has 3 heterocycles. The number of hydrogen-bond acceptors (Lipinski definition) is 2. The number of furan rings is 1. The molecule has 0 bridgehead atoms. The van der Waals surface area contributed by atoms with Crippen LogP contribution in [0.15, 0.2) is 193 Å². The fourth-order valence-electron chi connectivity index (χ4n) is 8.18. The van der Waals surface area contributed by atoms with Gasteiger partial charge in [0.25, 0.3) is 0 Å². The highest BCUT2D eigenvalue weighted by atomic mass is 16.3. The SMILES string of the molecule is c1ccc(-n2c3ccccc3c3ccc4ccn(-c5ccc(N(c6ccc7oc8ccccc8c7c6)c6cccc7ccccc67)cc5)c4c32)cc1. The number of hydrogen-bond donors (Lipinski definition) is 0. The molecule has 0 spiro atoms. The third kappa shape index (κ3) is 4.28. The zero-order valence-electron chi connectivity index (χ0n) is 28.1. The van der Waals surface area contributed by atoms with Crippen molar-refractivity contribution in [3.05, 3.63) is 188 Å². The monoisotopic (exact) mass is 665 g/mol. The van der Waals surface area contributed by atoms with Crippen LogP contribution in [0.4, 0.5) is 17.1 Å². The first-order valence-corrected chi connectivity index (χ1v) is 17.7. The molecule has 0 saturated carbocycles. The molecule has 0 fully saturated rings. The van der Waals surface area contributed by atoms with E-state index >= 15 is 0 Å². The topological polar surface area (TPSA) is 26.2 Å². The Bertz CT molecular complexity index is 3120. The van der Waals surface area contributed by atoms with E-state index in [1.807, 2.05) is 12.1 Å². The highest BCUT2D eigenvalue weighted by molar-refractivity contribution is 6.18. The van der Waals surface area contributed by atoms with Crippen molar-refractivity contribution in [2.45, 2.75) is 0 Å². The summed E-state index contributed by atoms with van der Waals surface area (Å²) in [7, 11) is 0. The fourth-order valence-corrected chi connectivity index (χ4v) is 8.18. The van der Waals surface area contributed by atoms with Gasteiger partial charge in [0.15, 0.2) is 0 Å². The Morgan fingerprint density at radius 2 is 1.12 bits per heavy atom. The molecule has 0 aliphatic heterocycles. The number of anilines is 3. The van der Waals surface area contributed by atoms with Gasteiger partial charge in [-0.05, 0) is 84.2 Å². The Balaban J connectivity index is 1.11. The highest BCUT2D eigenvalue weighted by Gasteiger charge is 2.20. The van der Waals surface area contributed by atoms with Gasteiger partial charge in [-0.3, -0.25) is 0 Å². The fraction of sp³-hybridized carbons (Fsp3) is 0. The molecular weight excluding hydrogens is 635 g/mol. The minimum Gasteiger partial charge on any atom is -0.456 e. The van der Waals surface area contributed by atoms with E-state index in [1.54, 1.807) is 0 Å². The van der Waals surface area contributed by atoms with Gasteiger partial charge in [-0.1, -0.05) is 103 Å². The molecule has 0 amide bonds. The first-order valence-electron chi connectivity index (χ1n) is 17.7. The average Bonchev–Trinajstić information content (AvgIpc) is 3.91. The van der Waals surface area contributed by atoms with Crippen molar-refractivity contribution in [2.24, 2.45) is 0 Å². The second-order valence-electron chi connectivity index (χ2n) is 13.4. The van der Waals surface area contributed by atoms with Crippen molar-refractivity contribution < 1.29 is 4.42 Å². The third-order valence-corrected chi connectivity index (χ3v) is 10.5. The zero-order valence-corrected chi connectivity index (χ0v) is 28.1. The molecule has 0 N–H and O–H groups in total. The maximum absolute atomic E-state index is 6.22. The molecule has 0 saturated heterocycles. The van der Waals surface area contributed by atoms with E-state index < -0.39 is 0 Å².